The maximum atomic E-state index is 14.0. The lowest BCUT2D eigenvalue weighted by atomic mass is 10.1. The summed E-state index contributed by atoms with van der Waals surface area (Å²) in [4.78, 5) is 15.0. The third-order valence-corrected chi connectivity index (χ3v) is 5.07. The van der Waals surface area contributed by atoms with E-state index in [1.54, 1.807) is 25.1 Å². The number of nitrogen functional groups attached to an aromatic ring is 1. The van der Waals surface area contributed by atoms with Gasteiger partial charge < -0.3 is 10.6 Å². The highest BCUT2D eigenvalue weighted by Gasteiger charge is 2.25. The van der Waals surface area contributed by atoms with Crippen LogP contribution in [0.4, 0.5) is 21.5 Å². The molecule has 1 aliphatic heterocycles. The molecule has 138 valence electrons. The molecule has 0 spiro atoms. The van der Waals surface area contributed by atoms with E-state index in [-0.39, 0.29) is 16.4 Å². The molecule has 1 saturated heterocycles. The number of piperazine rings is 1. The van der Waals surface area contributed by atoms with Crippen LogP contribution < -0.4 is 10.6 Å². The molecule has 0 atom stereocenters. The third-order valence-electron chi connectivity index (χ3n) is 4.72. The number of benzene rings is 2. The van der Waals surface area contributed by atoms with Crippen LogP contribution in [0.2, 0.25) is 5.02 Å². The Hall–Kier alpha value is -2.38. The lowest BCUT2D eigenvalue weighted by molar-refractivity contribution is -0.384. The zero-order valence-corrected chi connectivity index (χ0v) is 15.2. The van der Waals surface area contributed by atoms with Crippen LogP contribution in [0, 0.1) is 22.9 Å². The normalized spacial score (nSPS) is 15.3. The first-order valence-corrected chi connectivity index (χ1v) is 8.69. The molecule has 0 amide bonds. The Kier molecular flexibility index (Phi) is 5.29. The van der Waals surface area contributed by atoms with Gasteiger partial charge in [-0.15, -0.1) is 0 Å². The monoisotopic (exact) mass is 378 g/mol. The van der Waals surface area contributed by atoms with E-state index in [1.165, 1.54) is 12.1 Å². The van der Waals surface area contributed by atoms with Gasteiger partial charge in [-0.25, -0.2) is 4.39 Å². The molecule has 2 aromatic rings. The highest BCUT2D eigenvalue weighted by Crippen LogP contribution is 2.33. The molecule has 1 fully saturated rings. The molecule has 1 heterocycles. The molecular formula is C18H20ClFN4O2. The Morgan fingerprint density at radius 3 is 2.58 bits per heavy atom. The summed E-state index contributed by atoms with van der Waals surface area (Å²) in [7, 11) is 0. The average Bonchev–Trinajstić information content (AvgIpc) is 2.61. The molecule has 6 nitrogen and oxygen atoms in total. The average molecular weight is 379 g/mol. The summed E-state index contributed by atoms with van der Waals surface area (Å²) in [6, 6.07) is 7.83. The summed E-state index contributed by atoms with van der Waals surface area (Å²) in [6.07, 6.45) is 0. The maximum absolute atomic E-state index is 14.0. The molecule has 2 aromatic carbocycles. The van der Waals surface area contributed by atoms with Crippen molar-refractivity contribution in [2.24, 2.45) is 0 Å². The zero-order valence-electron chi connectivity index (χ0n) is 14.4. The molecule has 2 N–H and O–H groups in total. The van der Waals surface area contributed by atoms with Crippen LogP contribution in [0.5, 0.6) is 0 Å². The number of nitro groups is 1. The second-order valence-corrected chi connectivity index (χ2v) is 6.83. The Labute approximate surface area is 156 Å². The molecule has 0 aromatic heterocycles. The number of hydrogen-bond donors (Lipinski definition) is 1. The summed E-state index contributed by atoms with van der Waals surface area (Å²) in [5.41, 5.74) is 8.23. The van der Waals surface area contributed by atoms with Gasteiger partial charge in [0.05, 0.1) is 4.92 Å². The molecular weight excluding hydrogens is 359 g/mol. The smallest absolute Gasteiger partial charge is 0.292 e. The van der Waals surface area contributed by atoms with Crippen LogP contribution in [0.15, 0.2) is 30.3 Å². The van der Waals surface area contributed by atoms with Crippen molar-refractivity contribution in [3.05, 3.63) is 62.4 Å². The second kappa shape index (κ2) is 7.47. The van der Waals surface area contributed by atoms with E-state index in [9.17, 15) is 14.5 Å². The van der Waals surface area contributed by atoms with Crippen molar-refractivity contribution < 1.29 is 9.31 Å². The molecule has 3 rings (SSSR count). The first-order valence-electron chi connectivity index (χ1n) is 8.31. The van der Waals surface area contributed by atoms with Crippen molar-refractivity contribution in [3.8, 4) is 0 Å². The molecule has 0 bridgehead atoms. The van der Waals surface area contributed by atoms with Gasteiger partial charge in [-0.05, 0) is 30.7 Å². The number of hydrogen-bond acceptors (Lipinski definition) is 5. The number of nitrogens with two attached hydrogens (primary N) is 1. The van der Waals surface area contributed by atoms with Crippen LogP contribution in [-0.2, 0) is 6.54 Å². The van der Waals surface area contributed by atoms with Gasteiger partial charge in [0, 0.05) is 55.1 Å². The fraction of sp³-hybridized carbons (Fsp3) is 0.333. The van der Waals surface area contributed by atoms with Crippen LogP contribution >= 0.6 is 11.6 Å². The number of rotatable bonds is 4. The molecule has 8 heteroatoms. The fourth-order valence-corrected chi connectivity index (χ4v) is 3.37. The lowest BCUT2D eigenvalue weighted by Crippen LogP contribution is -2.46. The number of anilines is 2. The third kappa shape index (κ3) is 3.73. The number of aryl methyl sites for hydroxylation is 1. The Morgan fingerprint density at radius 2 is 1.96 bits per heavy atom. The molecule has 0 radical (unpaired) electrons. The molecule has 0 aliphatic carbocycles. The number of halogens is 2. The quantitative estimate of drug-likeness (QED) is 0.499. The highest BCUT2D eigenvalue weighted by atomic mass is 35.5. The van der Waals surface area contributed by atoms with Crippen molar-refractivity contribution in [3.63, 3.8) is 0 Å². The predicted octanol–water partition coefficient (Wildman–Crippen LogP) is 3.60. The van der Waals surface area contributed by atoms with Gasteiger partial charge in [0.25, 0.3) is 5.69 Å². The van der Waals surface area contributed by atoms with Crippen molar-refractivity contribution >= 4 is 28.7 Å². The topological polar surface area (TPSA) is 75.6 Å². The summed E-state index contributed by atoms with van der Waals surface area (Å²) >= 11 is 6.10. The Morgan fingerprint density at radius 1 is 1.27 bits per heavy atom. The number of nitro benzene ring substituents is 1. The standard InChI is InChI=1S/C18H20ClFN4O2/c1-12-9-18(24(25)26)17(10-16(12)21)23-7-5-22(6-8-23)11-13-14(19)3-2-4-15(13)20/h2-4,9-10H,5-8,11,21H2,1H3. The minimum absolute atomic E-state index is 0.0577. The molecule has 0 unspecified atom stereocenters. The van der Waals surface area contributed by atoms with Gasteiger partial charge >= 0.3 is 0 Å². The van der Waals surface area contributed by atoms with Crippen LogP contribution in [0.25, 0.3) is 0 Å². The van der Waals surface area contributed by atoms with Gasteiger partial charge in [0.2, 0.25) is 0 Å². The molecule has 0 saturated carbocycles. The first-order chi connectivity index (χ1) is 12.4. The van der Waals surface area contributed by atoms with E-state index in [2.05, 4.69) is 4.90 Å². The van der Waals surface area contributed by atoms with Gasteiger partial charge in [0.15, 0.2) is 0 Å². The summed E-state index contributed by atoms with van der Waals surface area (Å²) in [5.74, 6) is -0.318. The summed E-state index contributed by atoms with van der Waals surface area (Å²) < 4.78 is 14.0. The maximum Gasteiger partial charge on any atom is 0.292 e. The second-order valence-electron chi connectivity index (χ2n) is 6.42. The summed E-state index contributed by atoms with van der Waals surface area (Å²) in [6.45, 7) is 4.65. The van der Waals surface area contributed by atoms with Gasteiger partial charge in [-0.2, -0.15) is 0 Å². The van der Waals surface area contributed by atoms with Crippen molar-refractivity contribution in [2.45, 2.75) is 13.5 Å². The van der Waals surface area contributed by atoms with E-state index in [4.69, 9.17) is 17.3 Å². The van der Waals surface area contributed by atoms with Gasteiger partial charge in [-0.3, -0.25) is 15.0 Å². The van der Waals surface area contributed by atoms with E-state index in [0.29, 0.717) is 60.2 Å². The van der Waals surface area contributed by atoms with E-state index < -0.39 is 0 Å². The SMILES string of the molecule is Cc1cc([N+](=O)[O-])c(N2CCN(Cc3c(F)cccc3Cl)CC2)cc1N. The van der Waals surface area contributed by atoms with Crippen LogP contribution in [0.3, 0.4) is 0 Å². The summed E-state index contributed by atoms with van der Waals surface area (Å²) in [5, 5.41) is 11.8. The van der Waals surface area contributed by atoms with Gasteiger partial charge in [0.1, 0.15) is 11.5 Å². The highest BCUT2D eigenvalue weighted by molar-refractivity contribution is 6.31. The fourth-order valence-electron chi connectivity index (χ4n) is 3.15. The van der Waals surface area contributed by atoms with Crippen molar-refractivity contribution in [2.75, 3.05) is 36.8 Å². The largest absolute Gasteiger partial charge is 0.398 e. The first kappa shape index (κ1) is 18.4. The zero-order chi connectivity index (χ0) is 18.8. The van der Waals surface area contributed by atoms with Crippen molar-refractivity contribution in [1.82, 2.24) is 4.90 Å². The van der Waals surface area contributed by atoms with E-state index >= 15 is 0 Å². The van der Waals surface area contributed by atoms with Crippen LogP contribution in [0.1, 0.15) is 11.1 Å². The minimum atomic E-state index is -0.382. The van der Waals surface area contributed by atoms with E-state index in [1.807, 2.05) is 4.90 Å². The minimum Gasteiger partial charge on any atom is -0.398 e. The molecule has 1 aliphatic rings. The Bertz CT molecular complexity index is 818. The number of nitrogens with zero attached hydrogens (tertiary/aromatic N) is 3. The van der Waals surface area contributed by atoms with E-state index in [0.717, 1.165) is 0 Å². The molecule has 26 heavy (non-hydrogen) atoms. The Balaban J connectivity index is 1.73. The van der Waals surface area contributed by atoms with Crippen LogP contribution in [-0.4, -0.2) is 36.0 Å². The van der Waals surface area contributed by atoms with Gasteiger partial charge in [-0.1, -0.05) is 17.7 Å². The lowest BCUT2D eigenvalue weighted by Gasteiger charge is -2.36. The van der Waals surface area contributed by atoms with Crippen molar-refractivity contribution in [1.29, 1.82) is 0 Å². The predicted molar refractivity (Wildman–Crippen MR) is 101 cm³/mol.